The van der Waals surface area contributed by atoms with Crippen LogP contribution in [0, 0.1) is 0 Å². The molecule has 18 heavy (non-hydrogen) atoms. The molecule has 0 aromatic carbocycles. The number of likely N-dealkylation sites (N-methyl/N-ethyl adjacent to an activating group) is 2. The third-order valence-corrected chi connectivity index (χ3v) is 3.36. The van der Waals surface area contributed by atoms with Crippen molar-refractivity contribution in [3.8, 4) is 0 Å². The van der Waals surface area contributed by atoms with E-state index in [1.807, 2.05) is 13.8 Å². The first-order valence-electron chi connectivity index (χ1n) is 6.54. The summed E-state index contributed by atoms with van der Waals surface area (Å²) < 4.78 is 0. The highest BCUT2D eigenvalue weighted by Gasteiger charge is 2.26. The Morgan fingerprint density at radius 2 is 2.00 bits per heavy atom. The van der Waals surface area contributed by atoms with Gasteiger partial charge in [-0.1, -0.05) is 0 Å². The van der Waals surface area contributed by atoms with Crippen LogP contribution in [-0.4, -0.2) is 74.0 Å². The maximum absolute atomic E-state index is 12.3. The van der Waals surface area contributed by atoms with Gasteiger partial charge < -0.3 is 15.5 Å². The fourth-order valence-corrected chi connectivity index (χ4v) is 2.09. The van der Waals surface area contributed by atoms with Crippen LogP contribution in [0.3, 0.4) is 0 Å². The van der Waals surface area contributed by atoms with E-state index in [-0.39, 0.29) is 24.4 Å². The van der Waals surface area contributed by atoms with Gasteiger partial charge in [-0.05, 0) is 13.8 Å². The third-order valence-electron chi connectivity index (χ3n) is 3.36. The normalized spacial score (nSPS) is 18.2. The monoisotopic (exact) mass is 256 g/mol. The number of hydrogen-bond acceptors (Lipinski definition) is 4. The summed E-state index contributed by atoms with van der Waals surface area (Å²) in [6, 6.07) is -0.156. The van der Waals surface area contributed by atoms with Crippen molar-refractivity contribution in [2.75, 3.05) is 46.3 Å². The number of hydrogen-bond donors (Lipinski definition) is 2. The van der Waals surface area contributed by atoms with Crippen molar-refractivity contribution >= 4 is 11.8 Å². The quantitative estimate of drug-likeness (QED) is 0.654. The largest absolute Gasteiger partial charge is 0.358 e. The van der Waals surface area contributed by atoms with Gasteiger partial charge in [-0.15, -0.1) is 0 Å². The van der Waals surface area contributed by atoms with Crippen molar-refractivity contribution in [3.63, 3.8) is 0 Å². The first-order valence-corrected chi connectivity index (χ1v) is 6.54. The van der Waals surface area contributed by atoms with Crippen molar-refractivity contribution < 1.29 is 9.59 Å². The molecule has 1 aliphatic heterocycles. The minimum atomic E-state index is -0.156. The number of nitrogens with one attached hydrogen (secondary N) is 2. The van der Waals surface area contributed by atoms with Crippen molar-refractivity contribution in [2.24, 2.45) is 0 Å². The molecule has 6 heteroatoms. The van der Waals surface area contributed by atoms with Gasteiger partial charge in [0.25, 0.3) is 0 Å². The maximum Gasteiger partial charge on any atom is 0.240 e. The van der Waals surface area contributed by atoms with E-state index in [2.05, 4.69) is 15.5 Å². The molecule has 2 amide bonds. The Bertz CT molecular complexity index is 290. The molecule has 1 heterocycles. The van der Waals surface area contributed by atoms with Gasteiger partial charge in [0.2, 0.25) is 11.8 Å². The van der Waals surface area contributed by atoms with E-state index in [1.165, 1.54) is 0 Å². The lowest BCUT2D eigenvalue weighted by atomic mass is 10.2. The number of carbonyl (C=O) groups is 2. The van der Waals surface area contributed by atoms with Crippen LogP contribution in [0.1, 0.15) is 13.8 Å². The van der Waals surface area contributed by atoms with Crippen LogP contribution in [0.5, 0.6) is 0 Å². The van der Waals surface area contributed by atoms with E-state index in [4.69, 9.17) is 0 Å². The second-order valence-electron chi connectivity index (χ2n) is 4.49. The van der Waals surface area contributed by atoms with Gasteiger partial charge in [-0.3, -0.25) is 14.5 Å². The standard InChI is InChI=1S/C12H24N4O2/c1-4-15(9-11(17)13-3)12(18)10(2)16-7-5-14-6-8-16/h10,14H,4-9H2,1-3H3,(H,13,17). The van der Waals surface area contributed by atoms with Crippen molar-refractivity contribution in [1.29, 1.82) is 0 Å². The van der Waals surface area contributed by atoms with Crippen LogP contribution in [0.2, 0.25) is 0 Å². The molecule has 0 aromatic heterocycles. The second-order valence-corrected chi connectivity index (χ2v) is 4.49. The predicted molar refractivity (Wildman–Crippen MR) is 70.2 cm³/mol. The lowest BCUT2D eigenvalue weighted by molar-refractivity contribution is -0.140. The molecule has 104 valence electrons. The highest BCUT2D eigenvalue weighted by atomic mass is 16.2. The van der Waals surface area contributed by atoms with Gasteiger partial charge >= 0.3 is 0 Å². The lowest BCUT2D eigenvalue weighted by Crippen LogP contribution is -2.54. The Hall–Kier alpha value is -1.14. The molecule has 0 radical (unpaired) electrons. The summed E-state index contributed by atoms with van der Waals surface area (Å²) in [4.78, 5) is 27.4. The molecule has 0 aliphatic carbocycles. The van der Waals surface area contributed by atoms with Gasteiger partial charge in [0.1, 0.15) is 0 Å². The van der Waals surface area contributed by atoms with E-state index in [1.54, 1.807) is 11.9 Å². The highest BCUT2D eigenvalue weighted by Crippen LogP contribution is 2.05. The summed E-state index contributed by atoms with van der Waals surface area (Å²) in [5, 5.41) is 5.81. The maximum atomic E-state index is 12.3. The van der Waals surface area contributed by atoms with Crippen molar-refractivity contribution in [2.45, 2.75) is 19.9 Å². The molecular formula is C12H24N4O2. The zero-order chi connectivity index (χ0) is 13.5. The topological polar surface area (TPSA) is 64.7 Å². The van der Waals surface area contributed by atoms with Gasteiger partial charge in [-0.25, -0.2) is 0 Å². The van der Waals surface area contributed by atoms with Gasteiger partial charge in [0.15, 0.2) is 0 Å². The van der Waals surface area contributed by atoms with Crippen LogP contribution in [0.15, 0.2) is 0 Å². The summed E-state index contributed by atoms with van der Waals surface area (Å²) >= 11 is 0. The van der Waals surface area contributed by atoms with Crippen LogP contribution < -0.4 is 10.6 Å². The summed E-state index contributed by atoms with van der Waals surface area (Å²) in [6.07, 6.45) is 0. The Labute approximate surface area is 109 Å². The van der Waals surface area contributed by atoms with Gasteiger partial charge in [0, 0.05) is 39.8 Å². The van der Waals surface area contributed by atoms with E-state index in [9.17, 15) is 9.59 Å². The third kappa shape index (κ3) is 3.96. The average molecular weight is 256 g/mol. The van der Waals surface area contributed by atoms with E-state index in [0.717, 1.165) is 26.2 Å². The molecule has 0 bridgehead atoms. The Morgan fingerprint density at radius 1 is 1.39 bits per heavy atom. The first kappa shape index (κ1) is 14.9. The molecule has 1 fully saturated rings. The SMILES string of the molecule is CCN(CC(=O)NC)C(=O)C(C)N1CCNCC1. The number of piperazine rings is 1. The van der Waals surface area contributed by atoms with Gasteiger partial charge in [0.05, 0.1) is 12.6 Å². The smallest absolute Gasteiger partial charge is 0.240 e. The molecule has 6 nitrogen and oxygen atoms in total. The molecule has 0 aromatic rings. The molecule has 0 saturated carbocycles. The molecule has 1 unspecified atom stereocenters. The van der Waals surface area contributed by atoms with Gasteiger partial charge in [-0.2, -0.15) is 0 Å². The fourth-order valence-electron chi connectivity index (χ4n) is 2.09. The number of carbonyl (C=O) groups excluding carboxylic acids is 2. The number of nitrogens with zero attached hydrogens (tertiary/aromatic N) is 2. The van der Waals surface area contributed by atoms with E-state index in [0.29, 0.717) is 6.54 Å². The number of amides is 2. The zero-order valence-corrected chi connectivity index (χ0v) is 11.5. The second kappa shape index (κ2) is 7.33. The number of rotatable bonds is 5. The Morgan fingerprint density at radius 3 is 2.50 bits per heavy atom. The molecule has 1 rings (SSSR count). The fraction of sp³-hybridized carbons (Fsp3) is 0.833. The summed E-state index contributed by atoms with van der Waals surface area (Å²) in [5.74, 6) is -0.0966. The molecule has 1 aliphatic rings. The van der Waals surface area contributed by atoms with Crippen molar-refractivity contribution in [1.82, 2.24) is 20.4 Å². The Kier molecular flexibility index (Phi) is 6.07. The molecule has 0 spiro atoms. The summed E-state index contributed by atoms with van der Waals surface area (Å²) in [5.41, 5.74) is 0. The minimum Gasteiger partial charge on any atom is -0.358 e. The summed E-state index contributed by atoms with van der Waals surface area (Å²) in [6.45, 7) is 8.10. The zero-order valence-electron chi connectivity index (χ0n) is 11.5. The predicted octanol–water partition coefficient (Wildman–Crippen LogP) is -1.13. The highest BCUT2D eigenvalue weighted by molar-refractivity contribution is 5.87. The van der Waals surface area contributed by atoms with Crippen LogP contribution in [0.25, 0.3) is 0 Å². The Balaban J connectivity index is 2.55. The van der Waals surface area contributed by atoms with E-state index >= 15 is 0 Å². The molecule has 2 N–H and O–H groups in total. The molecular weight excluding hydrogens is 232 g/mol. The van der Waals surface area contributed by atoms with Crippen LogP contribution in [-0.2, 0) is 9.59 Å². The van der Waals surface area contributed by atoms with E-state index < -0.39 is 0 Å². The van der Waals surface area contributed by atoms with Crippen molar-refractivity contribution in [3.05, 3.63) is 0 Å². The first-order chi connectivity index (χ1) is 8.60. The average Bonchev–Trinajstić information content (AvgIpc) is 2.43. The summed E-state index contributed by atoms with van der Waals surface area (Å²) in [7, 11) is 1.58. The molecule has 1 atom stereocenters. The lowest BCUT2D eigenvalue weighted by Gasteiger charge is -2.34. The van der Waals surface area contributed by atoms with Crippen LogP contribution in [0.4, 0.5) is 0 Å². The molecule has 1 saturated heterocycles. The van der Waals surface area contributed by atoms with Crippen LogP contribution >= 0.6 is 0 Å². The minimum absolute atomic E-state index is 0.0306.